The molecule has 4 aliphatic carbocycles. The maximum Gasteiger partial charge on any atom is 0.0191 e. The van der Waals surface area contributed by atoms with Crippen molar-refractivity contribution >= 4 is 0 Å². The van der Waals surface area contributed by atoms with E-state index in [9.17, 15) is 0 Å². The van der Waals surface area contributed by atoms with Gasteiger partial charge in [0.25, 0.3) is 0 Å². The van der Waals surface area contributed by atoms with E-state index in [1.54, 1.807) is 18.4 Å². The molecule has 1 saturated heterocycles. The summed E-state index contributed by atoms with van der Waals surface area (Å²) in [4.78, 5) is 5.06. The molecule has 22 heavy (non-hydrogen) atoms. The number of rotatable bonds is 5. The van der Waals surface area contributed by atoms with Gasteiger partial charge in [-0.05, 0) is 68.2 Å². The quantitative estimate of drug-likeness (QED) is 0.715. The smallest absolute Gasteiger partial charge is 0.0191 e. The number of allylic oxidation sites excluding steroid dienone is 1. The van der Waals surface area contributed by atoms with Crippen LogP contribution in [-0.2, 0) is 0 Å². The van der Waals surface area contributed by atoms with E-state index in [2.05, 4.69) is 43.7 Å². The molecular weight excluding hydrogens is 268 g/mol. The Kier molecular flexibility index (Phi) is 3.51. The van der Waals surface area contributed by atoms with Crippen molar-refractivity contribution in [2.45, 2.75) is 46.5 Å². The van der Waals surface area contributed by atoms with Crippen LogP contribution in [0.2, 0.25) is 0 Å². The lowest BCUT2D eigenvalue weighted by molar-refractivity contribution is 0.154. The predicted octanol–water partition coefficient (Wildman–Crippen LogP) is 3.64. The first kappa shape index (κ1) is 15.2. The minimum Gasteiger partial charge on any atom is -0.304 e. The molecule has 0 radical (unpaired) electrons. The molecule has 1 aliphatic heterocycles. The van der Waals surface area contributed by atoms with Crippen LogP contribution < -0.4 is 0 Å². The van der Waals surface area contributed by atoms with Gasteiger partial charge in [-0.3, -0.25) is 4.90 Å². The molecule has 5 fully saturated rings. The summed E-state index contributed by atoms with van der Waals surface area (Å²) >= 11 is 0. The van der Waals surface area contributed by atoms with E-state index in [0.29, 0.717) is 5.41 Å². The molecule has 0 N–H and O–H groups in total. The Morgan fingerprint density at radius 1 is 1.09 bits per heavy atom. The maximum absolute atomic E-state index is 2.62. The summed E-state index contributed by atoms with van der Waals surface area (Å²) in [6.45, 7) is 13.7. The Hall–Kier alpha value is -0.340. The molecule has 2 nitrogen and oxygen atoms in total. The molecule has 1 heterocycles. The van der Waals surface area contributed by atoms with Gasteiger partial charge in [-0.1, -0.05) is 25.5 Å². The second kappa shape index (κ2) is 5.08. The zero-order chi connectivity index (χ0) is 15.5. The molecular formula is C20H34N2. The Balaban J connectivity index is 1.28. The molecule has 5 rings (SSSR count). The van der Waals surface area contributed by atoms with Gasteiger partial charge >= 0.3 is 0 Å². The fourth-order valence-electron chi connectivity index (χ4n) is 6.55. The molecule has 0 unspecified atom stereocenters. The lowest BCUT2D eigenvalue weighted by Crippen LogP contribution is -2.44. The van der Waals surface area contributed by atoms with Gasteiger partial charge in [0.1, 0.15) is 0 Å². The third-order valence-corrected chi connectivity index (χ3v) is 8.35. The Morgan fingerprint density at radius 3 is 2.27 bits per heavy atom. The van der Waals surface area contributed by atoms with E-state index in [0.717, 1.165) is 23.2 Å². The normalized spacial score (nSPS) is 48.2. The zero-order valence-corrected chi connectivity index (χ0v) is 15.1. The monoisotopic (exact) mass is 302 g/mol. The predicted molar refractivity (Wildman–Crippen MR) is 92.8 cm³/mol. The van der Waals surface area contributed by atoms with Crippen molar-refractivity contribution in [3.05, 3.63) is 11.6 Å². The van der Waals surface area contributed by atoms with E-state index < -0.39 is 0 Å². The van der Waals surface area contributed by atoms with E-state index in [1.807, 2.05) is 0 Å². The molecule has 0 aromatic rings. The van der Waals surface area contributed by atoms with Crippen molar-refractivity contribution in [3.63, 3.8) is 0 Å². The Labute approximate surface area is 136 Å². The van der Waals surface area contributed by atoms with Crippen molar-refractivity contribution in [1.82, 2.24) is 9.80 Å². The van der Waals surface area contributed by atoms with Crippen molar-refractivity contribution < 1.29 is 0 Å². The van der Waals surface area contributed by atoms with Crippen molar-refractivity contribution in [3.8, 4) is 0 Å². The highest BCUT2D eigenvalue weighted by molar-refractivity contribution is 5.29. The van der Waals surface area contributed by atoms with Crippen molar-refractivity contribution in [2.24, 2.45) is 28.6 Å². The van der Waals surface area contributed by atoms with Gasteiger partial charge in [0.15, 0.2) is 0 Å². The summed E-state index contributed by atoms with van der Waals surface area (Å²) in [7, 11) is 2.24. The van der Waals surface area contributed by atoms with E-state index >= 15 is 0 Å². The number of nitrogens with zero attached hydrogens (tertiary/aromatic N) is 2. The highest BCUT2D eigenvalue weighted by atomic mass is 15.2. The fourth-order valence-corrected chi connectivity index (χ4v) is 6.55. The molecule has 2 heteroatoms. The highest BCUT2D eigenvalue weighted by Gasteiger charge is 2.80. The SMILES string of the molecule is C/C(=C/CC[C@]1(C)C2C[C@@H]3[C@@H](C2)C31C)CN1CCN(C)CC1. The Bertz CT molecular complexity index is 462. The van der Waals surface area contributed by atoms with Crippen molar-refractivity contribution in [2.75, 3.05) is 39.8 Å². The lowest BCUT2D eigenvalue weighted by atomic mass is 9.71. The molecule has 0 spiro atoms. The van der Waals surface area contributed by atoms with Crippen LogP contribution in [0.1, 0.15) is 46.5 Å². The maximum atomic E-state index is 2.62. The van der Waals surface area contributed by atoms with Crippen LogP contribution in [0.15, 0.2) is 11.6 Å². The lowest BCUT2D eigenvalue weighted by Gasteiger charge is -2.34. The van der Waals surface area contributed by atoms with Crippen molar-refractivity contribution in [1.29, 1.82) is 0 Å². The van der Waals surface area contributed by atoms with Gasteiger partial charge in [0.2, 0.25) is 0 Å². The molecule has 5 aliphatic rings. The minimum atomic E-state index is 0.660. The van der Waals surface area contributed by atoms with E-state index in [1.165, 1.54) is 45.6 Å². The first-order valence-corrected chi connectivity index (χ1v) is 9.51. The summed E-state index contributed by atoms with van der Waals surface area (Å²) in [5.74, 6) is 3.27. The second-order valence-electron chi connectivity index (χ2n) is 9.25. The first-order valence-electron chi connectivity index (χ1n) is 9.51. The Morgan fingerprint density at radius 2 is 1.73 bits per heavy atom. The van der Waals surface area contributed by atoms with Gasteiger partial charge in [-0.25, -0.2) is 0 Å². The first-order chi connectivity index (χ1) is 10.4. The minimum absolute atomic E-state index is 0.660. The molecule has 0 amide bonds. The van der Waals surface area contributed by atoms with E-state index in [4.69, 9.17) is 0 Å². The summed E-state index contributed by atoms with van der Waals surface area (Å²) < 4.78 is 0. The standard InChI is InChI=1S/C20H34N2/c1-15(14-22-10-8-21(4)9-11-22)6-5-7-19(2)16-12-17-18(13-16)20(17,19)3/h6,16-18H,5,7-14H2,1-4H3/b15-6-/t16?,17-,18-,19-,20?/m1/s1. The average Bonchev–Trinajstić information content (AvgIpc) is 2.82. The average molecular weight is 303 g/mol. The van der Waals surface area contributed by atoms with Gasteiger partial charge < -0.3 is 4.90 Å². The van der Waals surface area contributed by atoms with Crippen LogP contribution in [0.5, 0.6) is 0 Å². The van der Waals surface area contributed by atoms with Gasteiger partial charge in [0, 0.05) is 32.7 Å². The third-order valence-electron chi connectivity index (χ3n) is 8.35. The van der Waals surface area contributed by atoms with Gasteiger partial charge in [-0.2, -0.15) is 0 Å². The summed E-state index contributed by atoms with van der Waals surface area (Å²) in [5, 5.41) is 0. The van der Waals surface area contributed by atoms with Gasteiger partial charge in [-0.15, -0.1) is 0 Å². The largest absolute Gasteiger partial charge is 0.304 e. The van der Waals surface area contributed by atoms with Crippen LogP contribution >= 0.6 is 0 Å². The number of piperazine rings is 1. The third kappa shape index (κ3) is 2.06. The van der Waals surface area contributed by atoms with Crippen LogP contribution in [0, 0.1) is 28.6 Å². The molecule has 3 atom stereocenters. The highest BCUT2D eigenvalue weighted by Crippen LogP contribution is 2.87. The summed E-state index contributed by atoms with van der Waals surface area (Å²) in [5.41, 5.74) is 2.99. The molecule has 4 bridgehead atoms. The molecule has 124 valence electrons. The van der Waals surface area contributed by atoms with E-state index in [-0.39, 0.29) is 0 Å². The molecule has 0 aromatic heterocycles. The molecule has 0 aromatic carbocycles. The number of hydrogen-bond donors (Lipinski definition) is 0. The van der Waals surface area contributed by atoms with Crippen LogP contribution in [-0.4, -0.2) is 49.6 Å². The van der Waals surface area contributed by atoms with Gasteiger partial charge in [0.05, 0.1) is 0 Å². The topological polar surface area (TPSA) is 6.48 Å². The van der Waals surface area contributed by atoms with Crippen LogP contribution in [0.4, 0.5) is 0 Å². The van der Waals surface area contributed by atoms with Crippen LogP contribution in [0.3, 0.4) is 0 Å². The second-order valence-corrected chi connectivity index (χ2v) is 9.25. The summed E-state index contributed by atoms with van der Waals surface area (Å²) in [6.07, 6.45) is 8.41. The zero-order valence-electron chi connectivity index (χ0n) is 15.1. The number of likely N-dealkylation sites (N-methyl/N-ethyl adjacent to an activating group) is 1. The molecule has 4 saturated carbocycles. The fraction of sp³-hybridized carbons (Fsp3) is 0.900. The number of hydrogen-bond acceptors (Lipinski definition) is 2. The van der Waals surface area contributed by atoms with Crippen LogP contribution in [0.25, 0.3) is 0 Å². The summed E-state index contributed by atoms with van der Waals surface area (Å²) in [6, 6.07) is 0.